The van der Waals surface area contributed by atoms with E-state index in [0.29, 0.717) is 15.8 Å². The second-order valence-electron chi connectivity index (χ2n) is 9.54. The molecule has 2 saturated heterocycles. The number of nitrogens with one attached hydrogen (secondary N) is 1. The molecule has 0 spiro atoms. The molecule has 0 bridgehead atoms. The van der Waals surface area contributed by atoms with Crippen molar-refractivity contribution in [2.24, 2.45) is 7.05 Å². The molecule has 0 amide bonds. The van der Waals surface area contributed by atoms with E-state index in [2.05, 4.69) is 4.98 Å². The molecule has 4 rings (SSSR count). The zero-order valence-corrected chi connectivity index (χ0v) is 23.0. The zero-order chi connectivity index (χ0) is 27.9. The third kappa shape index (κ3) is 5.84. The van der Waals surface area contributed by atoms with Gasteiger partial charge in [-0.3, -0.25) is 28.0 Å². The van der Waals surface area contributed by atoms with Gasteiger partial charge in [0.15, 0.2) is 0 Å². The van der Waals surface area contributed by atoms with Gasteiger partial charge in [-0.2, -0.15) is 0 Å². The highest BCUT2D eigenvalue weighted by atomic mass is 32.1. The van der Waals surface area contributed by atoms with Crippen molar-refractivity contribution in [1.29, 1.82) is 0 Å². The average Bonchev–Trinajstić information content (AvgIpc) is 3.43. The maximum atomic E-state index is 13.1. The Bertz CT molecular complexity index is 1480. The van der Waals surface area contributed by atoms with Crippen LogP contribution in [0.15, 0.2) is 26.8 Å². The fraction of sp³-hybridized carbons (Fsp3) is 0.636. The van der Waals surface area contributed by atoms with Crippen LogP contribution in [0.1, 0.15) is 36.4 Å². The molecular weight excluding hydrogens is 543 g/mol. The van der Waals surface area contributed by atoms with Crippen LogP contribution in [-0.2, 0) is 30.1 Å². The van der Waals surface area contributed by atoms with Crippen molar-refractivity contribution in [1.82, 2.24) is 18.7 Å². The Kier molecular flexibility index (Phi) is 8.40. The fourth-order valence-electron chi connectivity index (χ4n) is 4.52. The molecule has 2 aliphatic rings. The first-order valence-corrected chi connectivity index (χ1v) is 14.3. The van der Waals surface area contributed by atoms with Gasteiger partial charge < -0.3 is 28.7 Å². The number of rotatable bonds is 8. The number of aromatic nitrogens is 4. The van der Waals surface area contributed by atoms with Gasteiger partial charge in [0.1, 0.15) is 29.3 Å². The van der Waals surface area contributed by atoms with Crippen molar-refractivity contribution in [2.45, 2.75) is 63.6 Å². The smallest absolute Gasteiger partial charge is 0.331 e. The van der Waals surface area contributed by atoms with Crippen LogP contribution in [0.2, 0.25) is 0 Å². The second-order valence-corrected chi connectivity index (χ2v) is 11.9. The SMILES string of the molecule is Cc1cn([C@H]2C[C@H](O[P@@](C)(=O)OC[C@H]3O[C@@H](n4cc(C)c(=S)n(C)c4=O)C[C@@H]3O)[C@@H](CO)O2)c(=O)[nH]c1=O. The Morgan fingerprint density at radius 3 is 2.42 bits per heavy atom. The number of aryl methyl sites for hydroxylation is 2. The van der Waals surface area contributed by atoms with Gasteiger partial charge in [-0.25, -0.2) is 9.59 Å². The Hall–Kier alpha value is -2.23. The summed E-state index contributed by atoms with van der Waals surface area (Å²) in [4.78, 5) is 38.7. The number of aliphatic hydroxyl groups excluding tert-OH is 2. The van der Waals surface area contributed by atoms with Crippen molar-refractivity contribution in [3.05, 3.63) is 59.5 Å². The largest absolute Gasteiger partial charge is 0.394 e. The summed E-state index contributed by atoms with van der Waals surface area (Å²) in [5.74, 6) is 0. The van der Waals surface area contributed by atoms with E-state index >= 15 is 0 Å². The predicted molar refractivity (Wildman–Crippen MR) is 136 cm³/mol. The molecule has 38 heavy (non-hydrogen) atoms. The lowest BCUT2D eigenvalue weighted by molar-refractivity contribution is -0.0522. The van der Waals surface area contributed by atoms with Crippen LogP contribution in [0.25, 0.3) is 0 Å². The number of hydrogen-bond donors (Lipinski definition) is 3. The summed E-state index contributed by atoms with van der Waals surface area (Å²) in [5, 5.41) is 20.3. The maximum Gasteiger partial charge on any atom is 0.331 e. The minimum Gasteiger partial charge on any atom is -0.394 e. The van der Waals surface area contributed by atoms with E-state index in [9.17, 15) is 29.2 Å². The van der Waals surface area contributed by atoms with Crippen molar-refractivity contribution < 1.29 is 33.3 Å². The van der Waals surface area contributed by atoms with Crippen LogP contribution in [0.4, 0.5) is 0 Å². The van der Waals surface area contributed by atoms with Gasteiger partial charge in [0.2, 0.25) is 0 Å². The molecule has 0 aromatic carbocycles. The molecule has 2 fully saturated rings. The first-order chi connectivity index (χ1) is 17.8. The summed E-state index contributed by atoms with van der Waals surface area (Å²) >= 11 is 5.21. The molecule has 3 N–H and O–H groups in total. The predicted octanol–water partition coefficient (Wildman–Crippen LogP) is 0.236. The lowest BCUT2D eigenvalue weighted by Crippen LogP contribution is -2.33. The maximum absolute atomic E-state index is 13.1. The molecule has 0 radical (unpaired) electrons. The van der Waals surface area contributed by atoms with E-state index in [4.69, 9.17) is 30.7 Å². The highest BCUT2D eigenvalue weighted by Gasteiger charge is 2.42. The molecule has 16 heteroatoms. The molecule has 2 aromatic heterocycles. The van der Waals surface area contributed by atoms with Gasteiger partial charge in [0.25, 0.3) is 5.56 Å². The third-order valence-corrected chi connectivity index (χ3v) is 8.48. The van der Waals surface area contributed by atoms with Crippen LogP contribution in [-0.4, -0.2) is 73.2 Å². The summed E-state index contributed by atoms with van der Waals surface area (Å²) in [5.41, 5.74) is -0.618. The van der Waals surface area contributed by atoms with Gasteiger partial charge in [0, 0.05) is 50.1 Å². The Labute approximate surface area is 221 Å². The number of aliphatic hydroxyl groups is 2. The molecule has 210 valence electrons. The fourth-order valence-corrected chi connectivity index (χ4v) is 5.84. The minimum absolute atomic E-state index is 0.0561. The summed E-state index contributed by atoms with van der Waals surface area (Å²) in [7, 11) is -2.20. The first-order valence-electron chi connectivity index (χ1n) is 11.9. The van der Waals surface area contributed by atoms with Crippen LogP contribution >= 0.6 is 19.8 Å². The molecular formula is C22H31N4O10PS. The van der Waals surface area contributed by atoms with Gasteiger partial charge in [0.05, 0.1) is 25.4 Å². The van der Waals surface area contributed by atoms with Crippen molar-refractivity contribution in [3.8, 4) is 0 Å². The van der Waals surface area contributed by atoms with Crippen LogP contribution in [0.5, 0.6) is 0 Å². The molecule has 7 atom stereocenters. The monoisotopic (exact) mass is 574 g/mol. The summed E-state index contributed by atoms with van der Waals surface area (Å²) in [6.45, 7) is 3.77. The molecule has 2 aliphatic heterocycles. The van der Waals surface area contributed by atoms with E-state index in [1.54, 1.807) is 20.2 Å². The minimum atomic E-state index is -3.76. The number of hydrogen-bond acceptors (Lipinski definition) is 11. The second kappa shape index (κ2) is 11.1. The Morgan fingerprint density at radius 1 is 1.11 bits per heavy atom. The molecule has 14 nitrogen and oxygen atoms in total. The molecule has 2 aromatic rings. The summed E-state index contributed by atoms with van der Waals surface area (Å²) < 4.78 is 40.1. The average molecular weight is 575 g/mol. The summed E-state index contributed by atoms with van der Waals surface area (Å²) in [6.07, 6.45) is -2.25. The van der Waals surface area contributed by atoms with E-state index in [1.807, 2.05) is 0 Å². The lowest BCUT2D eigenvalue weighted by atomic mass is 10.2. The molecule has 0 aliphatic carbocycles. The topological polar surface area (TPSA) is 176 Å². The number of aromatic amines is 1. The van der Waals surface area contributed by atoms with Gasteiger partial charge in [-0.1, -0.05) is 12.2 Å². The van der Waals surface area contributed by atoms with Crippen LogP contribution < -0.4 is 16.9 Å². The van der Waals surface area contributed by atoms with Gasteiger partial charge >= 0.3 is 19.0 Å². The highest BCUT2D eigenvalue weighted by molar-refractivity contribution is 7.71. The summed E-state index contributed by atoms with van der Waals surface area (Å²) in [6, 6.07) is 0. The van der Waals surface area contributed by atoms with Crippen LogP contribution in [0, 0.1) is 18.5 Å². The van der Waals surface area contributed by atoms with E-state index in [-0.39, 0.29) is 19.4 Å². The van der Waals surface area contributed by atoms with Gasteiger partial charge in [-0.05, 0) is 13.8 Å². The molecule has 4 heterocycles. The van der Waals surface area contributed by atoms with E-state index in [1.165, 1.54) is 33.5 Å². The van der Waals surface area contributed by atoms with Crippen molar-refractivity contribution in [2.75, 3.05) is 19.9 Å². The van der Waals surface area contributed by atoms with Crippen molar-refractivity contribution in [3.63, 3.8) is 0 Å². The normalized spacial score (nSPS) is 29.0. The standard InChI is InChI=1S/C22H31N4O10PS/c1-11-7-25(21(30)23-19(11)29)18-6-14(15(9-27)34-18)36-37(4,32)33-10-16-13(28)5-17(35-16)26-8-12(2)20(38)24(3)22(26)31/h7-8,13-18,27-28H,5-6,9-10H2,1-4H3,(H,23,29,30)/t13-,14-,15+,16+,17+,18+,37-/m0/s1. The Balaban J connectivity index is 1.40. The Morgan fingerprint density at radius 2 is 1.74 bits per heavy atom. The lowest BCUT2D eigenvalue weighted by Gasteiger charge is -2.23. The van der Waals surface area contributed by atoms with Crippen LogP contribution in [0.3, 0.4) is 0 Å². The quantitative estimate of drug-likeness (QED) is 0.291. The molecule has 0 unspecified atom stereocenters. The van der Waals surface area contributed by atoms with Gasteiger partial charge in [-0.15, -0.1) is 0 Å². The van der Waals surface area contributed by atoms with E-state index < -0.39 is 68.0 Å². The molecule has 0 saturated carbocycles. The third-order valence-electron chi connectivity index (χ3n) is 6.61. The van der Waals surface area contributed by atoms with Crippen molar-refractivity contribution >= 4 is 19.8 Å². The number of ether oxygens (including phenoxy) is 2. The van der Waals surface area contributed by atoms with E-state index in [0.717, 1.165) is 0 Å². The number of H-pyrrole nitrogens is 1. The zero-order valence-electron chi connectivity index (χ0n) is 21.3. The highest BCUT2D eigenvalue weighted by Crippen LogP contribution is 2.49. The number of nitrogens with zero attached hydrogens (tertiary/aromatic N) is 3. The first kappa shape index (κ1) is 28.8.